The number of benzene rings is 1. The standard InChI is InChI=1S/C19H24N2O2S/c22-19(14-18-7-4-12-24-18)20-15-17(21-8-10-23-11-9-21)13-16-5-2-1-3-6-16/h1-7,12,17H,8-11,13-15H2,(H,20,22). The zero-order chi connectivity index (χ0) is 16.6. The van der Waals surface area contributed by atoms with Crippen LogP contribution in [0.25, 0.3) is 0 Å². The minimum absolute atomic E-state index is 0.101. The van der Waals surface area contributed by atoms with Gasteiger partial charge in [0.05, 0.1) is 19.6 Å². The molecule has 2 aromatic rings. The largest absolute Gasteiger partial charge is 0.379 e. The normalized spacial score (nSPS) is 16.7. The molecule has 1 aliphatic heterocycles. The number of carbonyl (C=O) groups is 1. The van der Waals surface area contributed by atoms with Crippen LogP contribution in [0.15, 0.2) is 47.8 Å². The van der Waals surface area contributed by atoms with E-state index in [-0.39, 0.29) is 5.91 Å². The van der Waals surface area contributed by atoms with Crippen LogP contribution < -0.4 is 5.32 Å². The van der Waals surface area contributed by atoms with Crippen LogP contribution in [0.1, 0.15) is 10.4 Å². The molecule has 1 aromatic heterocycles. The third-order valence-electron chi connectivity index (χ3n) is 4.33. The second-order valence-corrected chi connectivity index (χ2v) is 7.08. The first kappa shape index (κ1) is 17.1. The van der Waals surface area contributed by atoms with E-state index in [1.54, 1.807) is 11.3 Å². The summed E-state index contributed by atoms with van der Waals surface area (Å²) < 4.78 is 5.47. The molecule has 0 radical (unpaired) electrons. The van der Waals surface area contributed by atoms with E-state index in [2.05, 4.69) is 34.5 Å². The molecule has 1 aromatic carbocycles. The predicted octanol–water partition coefficient (Wildman–Crippen LogP) is 2.35. The maximum Gasteiger partial charge on any atom is 0.225 e. The van der Waals surface area contributed by atoms with Gasteiger partial charge in [0.25, 0.3) is 0 Å². The number of nitrogens with one attached hydrogen (secondary N) is 1. The van der Waals surface area contributed by atoms with Crippen molar-refractivity contribution in [2.75, 3.05) is 32.8 Å². The number of morpholine rings is 1. The van der Waals surface area contributed by atoms with Gasteiger partial charge in [0, 0.05) is 30.6 Å². The summed E-state index contributed by atoms with van der Waals surface area (Å²) in [6.45, 7) is 4.08. The summed E-state index contributed by atoms with van der Waals surface area (Å²) in [5, 5.41) is 5.13. The average molecular weight is 344 g/mol. The van der Waals surface area contributed by atoms with Gasteiger partial charge in [0.2, 0.25) is 5.91 Å². The number of amides is 1. The van der Waals surface area contributed by atoms with Crippen LogP contribution in [0.3, 0.4) is 0 Å². The average Bonchev–Trinajstić information content (AvgIpc) is 3.13. The number of nitrogens with zero attached hydrogens (tertiary/aromatic N) is 1. The van der Waals surface area contributed by atoms with Crippen molar-refractivity contribution in [2.24, 2.45) is 0 Å². The van der Waals surface area contributed by atoms with Crippen LogP contribution >= 0.6 is 11.3 Å². The smallest absolute Gasteiger partial charge is 0.225 e. The van der Waals surface area contributed by atoms with E-state index in [1.807, 2.05) is 23.6 Å². The molecule has 1 amide bonds. The quantitative estimate of drug-likeness (QED) is 0.838. The van der Waals surface area contributed by atoms with E-state index < -0.39 is 0 Å². The predicted molar refractivity (Wildman–Crippen MR) is 97.4 cm³/mol. The maximum absolute atomic E-state index is 12.2. The summed E-state index contributed by atoms with van der Waals surface area (Å²) >= 11 is 1.63. The number of thiophene rings is 1. The Kier molecular flexibility index (Phi) is 6.41. The van der Waals surface area contributed by atoms with Crippen LogP contribution in [0, 0.1) is 0 Å². The molecule has 0 bridgehead atoms. The molecule has 1 N–H and O–H groups in total. The van der Waals surface area contributed by atoms with Gasteiger partial charge in [-0.2, -0.15) is 0 Å². The molecule has 128 valence electrons. The number of carbonyl (C=O) groups excluding carboxylic acids is 1. The molecule has 0 saturated carbocycles. The van der Waals surface area contributed by atoms with Crippen molar-refractivity contribution in [3.8, 4) is 0 Å². The van der Waals surface area contributed by atoms with E-state index in [4.69, 9.17) is 4.74 Å². The van der Waals surface area contributed by atoms with E-state index in [0.29, 0.717) is 19.0 Å². The van der Waals surface area contributed by atoms with Crippen molar-refractivity contribution in [3.05, 3.63) is 58.3 Å². The fraction of sp³-hybridized carbons (Fsp3) is 0.421. The van der Waals surface area contributed by atoms with Crippen molar-refractivity contribution in [1.29, 1.82) is 0 Å². The fourth-order valence-corrected chi connectivity index (χ4v) is 3.73. The summed E-state index contributed by atoms with van der Waals surface area (Å²) in [6, 6.07) is 14.8. The molecule has 2 heterocycles. The van der Waals surface area contributed by atoms with Crippen molar-refractivity contribution < 1.29 is 9.53 Å². The topological polar surface area (TPSA) is 41.6 Å². The monoisotopic (exact) mass is 344 g/mol. The Morgan fingerprint density at radius 3 is 2.67 bits per heavy atom. The SMILES string of the molecule is O=C(Cc1cccs1)NCC(Cc1ccccc1)N1CCOCC1. The minimum Gasteiger partial charge on any atom is -0.379 e. The Morgan fingerprint density at radius 2 is 1.96 bits per heavy atom. The van der Waals surface area contributed by atoms with Gasteiger partial charge in [-0.25, -0.2) is 0 Å². The lowest BCUT2D eigenvalue weighted by Crippen LogP contribution is -2.50. The van der Waals surface area contributed by atoms with Crippen molar-refractivity contribution in [2.45, 2.75) is 18.9 Å². The molecule has 1 saturated heterocycles. The molecule has 5 heteroatoms. The highest BCUT2D eigenvalue weighted by Gasteiger charge is 2.22. The molecule has 4 nitrogen and oxygen atoms in total. The molecule has 0 spiro atoms. The first-order valence-corrected chi connectivity index (χ1v) is 9.34. The third-order valence-corrected chi connectivity index (χ3v) is 5.20. The first-order chi connectivity index (χ1) is 11.8. The number of ether oxygens (including phenoxy) is 1. The number of hydrogen-bond donors (Lipinski definition) is 1. The highest BCUT2D eigenvalue weighted by atomic mass is 32.1. The zero-order valence-corrected chi connectivity index (χ0v) is 14.6. The van der Waals surface area contributed by atoms with Crippen LogP contribution in [-0.2, 0) is 22.4 Å². The van der Waals surface area contributed by atoms with E-state index in [0.717, 1.165) is 37.6 Å². The van der Waals surface area contributed by atoms with E-state index in [1.165, 1.54) is 5.56 Å². The Hall–Kier alpha value is -1.69. The van der Waals surface area contributed by atoms with Crippen molar-refractivity contribution in [3.63, 3.8) is 0 Å². The Morgan fingerprint density at radius 1 is 1.17 bits per heavy atom. The van der Waals surface area contributed by atoms with Gasteiger partial charge in [0.1, 0.15) is 0 Å². The first-order valence-electron chi connectivity index (χ1n) is 8.46. The fourth-order valence-electron chi connectivity index (χ4n) is 3.02. The van der Waals surface area contributed by atoms with E-state index in [9.17, 15) is 4.79 Å². The van der Waals surface area contributed by atoms with Gasteiger partial charge in [-0.3, -0.25) is 9.69 Å². The molecule has 1 atom stereocenters. The minimum atomic E-state index is 0.101. The lowest BCUT2D eigenvalue weighted by atomic mass is 10.0. The van der Waals surface area contributed by atoms with E-state index >= 15 is 0 Å². The summed E-state index contributed by atoms with van der Waals surface area (Å²) in [5.41, 5.74) is 1.31. The second kappa shape index (κ2) is 8.97. The second-order valence-electron chi connectivity index (χ2n) is 6.05. The van der Waals surface area contributed by atoms with Gasteiger partial charge >= 0.3 is 0 Å². The van der Waals surface area contributed by atoms with Gasteiger partial charge in [-0.05, 0) is 23.4 Å². The Labute approximate surface area is 147 Å². The molecule has 1 fully saturated rings. The van der Waals surface area contributed by atoms with Gasteiger partial charge in [0.15, 0.2) is 0 Å². The summed E-state index contributed by atoms with van der Waals surface area (Å²) in [6.07, 6.45) is 1.42. The maximum atomic E-state index is 12.2. The zero-order valence-electron chi connectivity index (χ0n) is 13.8. The van der Waals surface area contributed by atoms with Crippen LogP contribution in [0.5, 0.6) is 0 Å². The highest BCUT2D eigenvalue weighted by Crippen LogP contribution is 2.12. The van der Waals surface area contributed by atoms with Crippen LogP contribution in [-0.4, -0.2) is 49.7 Å². The van der Waals surface area contributed by atoms with Gasteiger partial charge in [-0.15, -0.1) is 11.3 Å². The Bertz CT molecular complexity index is 610. The molecule has 1 unspecified atom stereocenters. The summed E-state index contributed by atoms with van der Waals surface area (Å²) in [7, 11) is 0. The number of hydrogen-bond acceptors (Lipinski definition) is 4. The molecular formula is C19H24N2O2S. The molecular weight excluding hydrogens is 320 g/mol. The lowest BCUT2D eigenvalue weighted by Gasteiger charge is -2.34. The van der Waals surface area contributed by atoms with Crippen molar-refractivity contribution >= 4 is 17.2 Å². The number of rotatable bonds is 7. The van der Waals surface area contributed by atoms with Gasteiger partial charge in [-0.1, -0.05) is 36.4 Å². The lowest BCUT2D eigenvalue weighted by molar-refractivity contribution is -0.120. The van der Waals surface area contributed by atoms with Crippen LogP contribution in [0.4, 0.5) is 0 Å². The van der Waals surface area contributed by atoms with Crippen molar-refractivity contribution in [1.82, 2.24) is 10.2 Å². The molecule has 1 aliphatic rings. The Balaban J connectivity index is 1.57. The third kappa shape index (κ3) is 5.16. The molecule has 24 heavy (non-hydrogen) atoms. The van der Waals surface area contributed by atoms with Crippen LogP contribution in [0.2, 0.25) is 0 Å². The summed E-state index contributed by atoms with van der Waals surface area (Å²) in [5.74, 6) is 0.101. The summed E-state index contributed by atoms with van der Waals surface area (Å²) in [4.78, 5) is 15.7. The molecule has 0 aliphatic carbocycles. The van der Waals surface area contributed by atoms with Gasteiger partial charge < -0.3 is 10.1 Å². The molecule has 3 rings (SSSR count). The highest BCUT2D eigenvalue weighted by molar-refractivity contribution is 7.10.